The molecule has 1 aromatic rings. The molecule has 2 heterocycles. The van der Waals surface area contributed by atoms with Gasteiger partial charge in [0, 0.05) is 18.4 Å². The van der Waals surface area contributed by atoms with Crippen LogP contribution in [-0.2, 0) is 0 Å². The Bertz CT molecular complexity index is 374. The van der Waals surface area contributed by atoms with Crippen molar-refractivity contribution in [2.45, 2.75) is 6.42 Å². The molecule has 1 aliphatic heterocycles. The molecule has 1 unspecified atom stereocenters. The van der Waals surface area contributed by atoms with Crippen LogP contribution in [0.5, 0.6) is 0 Å². The lowest BCUT2D eigenvalue weighted by atomic mass is 10.1. The molecule has 5 nitrogen and oxygen atoms in total. The van der Waals surface area contributed by atoms with Gasteiger partial charge in [-0.25, -0.2) is 0 Å². The number of nitrogens with zero attached hydrogens (tertiary/aromatic N) is 1. The number of hydrogen-bond acceptors (Lipinski definition) is 4. The zero-order chi connectivity index (χ0) is 11.4. The molecule has 0 radical (unpaired) electrons. The van der Waals surface area contributed by atoms with E-state index in [0.717, 1.165) is 25.3 Å². The molecule has 1 saturated heterocycles. The molecule has 0 spiro atoms. The van der Waals surface area contributed by atoms with Crippen molar-refractivity contribution in [3.8, 4) is 0 Å². The SMILES string of the molecule is NC(=O)c1cc(NCC2CCNC2)ccn1. The molecule has 4 N–H and O–H groups in total. The zero-order valence-corrected chi connectivity index (χ0v) is 9.07. The largest absolute Gasteiger partial charge is 0.385 e. The quantitative estimate of drug-likeness (QED) is 0.677. The lowest BCUT2D eigenvalue weighted by Gasteiger charge is -2.11. The van der Waals surface area contributed by atoms with Crippen LogP contribution in [0.1, 0.15) is 16.9 Å². The van der Waals surface area contributed by atoms with Gasteiger partial charge in [0.25, 0.3) is 5.91 Å². The standard InChI is InChI=1S/C11H16N4O/c12-11(16)10-5-9(2-4-14-10)15-7-8-1-3-13-6-8/h2,4-5,8,13H,1,3,6-7H2,(H2,12,16)(H,14,15). The van der Waals surface area contributed by atoms with E-state index in [2.05, 4.69) is 15.6 Å². The molecule has 1 aliphatic rings. The zero-order valence-electron chi connectivity index (χ0n) is 9.07. The average molecular weight is 220 g/mol. The highest BCUT2D eigenvalue weighted by Gasteiger charge is 2.13. The molecule has 0 saturated carbocycles. The first-order valence-electron chi connectivity index (χ1n) is 5.46. The fourth-order valence-electron chi connectivity index (χ4n) is 1.83. The molecule has 1 amide bonds. The minimum Gasteiger partial charge on any atom is -0.385 e. The summed E-state index contributed by atoms with van der Waals surface area (Å²) >= 11 is 0. The number of carbonyl (C=O) groups is 1. The number of rotatable bonds is 4. The second kappa shape index (κ2) is 4.94. The maximum atomic E-state index is 10.9. The van der Waals surface area contributed by atoms with Gasteiger partial charge in [0.05, 0.1) is 0 Å². The molecule has 86 valence electrons. The summed E-state index contributed by atoms with van der Waals surface area (Å²) in [5.74, 6) is 0.163. The van der Waals surface area contributed by atoms with Crippen LogP contribution in [0.2, 0.25) is 0 Å². The number of primary amides is 1. The highest BCUT2D eigenvalue weighted by molar-refractivity contribution is 5.91. The number of amides is 1. The van der Waals surface area contributed by atoms with Crippen molar-refractivity contribution in [2.24, 2.45) is 11.7 Å². The Morgan fingerprint density at radius 2 is 2.56 bits per heavy atom. The number of hydrogen-bond donors (Lipinski definition) is 3. The molecule has 1 aromatic heterocycles. The number of carbonyl (C=O) groups excluding carboxylic acids is 1. The van der Waals surface area contributed by atoms with E-state index in [0.29, 0.717) is 11.6 Å². The summed E-state index contributed by atoms with van der Waals surface area (Å²) in [7, 11) is 0. The highest BCUT2D eigenvalue weighted by atomic mass is 16.1. The van der Waals surface area contributed by atoms with Crippen LogP contribution in [0, 0.1) is 5.92 Å². The summed E-state index contributed by atoms with van der Waals surface area (Å²) in [5, 5.41) is 6.61. The average Bonchev–Trinajstić information content (AvgIpc) is 2.79. The van der Waals surface area contributed by atoms with Crippen molar-refractivity contribution in [3.05, 3.63) is 24.0 Å². The van der Waals surface area contributed by atoms with Gasteiger partial charge < -0.3 is 16.4 Å². The van der Waals surface area contributed by atoms with Crippen LogP contribution in [0.15, 0.2) is 18.3 Å². The van der Waals surface area contributed by atoms with E-state index in [1.807, 2.05) is 6.07 Å². The maximum absolute atomic E-state index is 10.9. The number of nitrogens with two attached hydrogens (primary N) is 1. The molecular formula is C11H16N4O. The van der Waals surface area contributed by atoms with Gasteiger partial charge in [0.1, 0.15) is 5.69 Å². The molecule has 1 fully saturated rings. The van der Waals surface area contributed by atoms with Gasteiger partial charge in [-0.15, -0.1) is 0 Å². The van der Waals surface area contributed by atoms with Crippen molar-refractivity contribution >= 4 is 11.6 Å². The molecule has 0 aromatic carbocycles. The van der Waals surface area contributed by atoms with Crippen molar-refractivity contribution < 1.29 is 4.79 Å². The number of pyridine rings is 1. The third-order valence-corrected chi connectivity index (χ3v) is 2.77. The summed E-state index contributed by atoms with van der Waals surface area (Å²) < 4.78 is 0. The Hall–Kier alpha value is -1.62. The van der Waals surface area contributed by atoms with Crippen molar-refractivity contribution in [1.82, 2.24) is 10.3 Å². The maximum Gasteiger partial charge on any atom is 0.267 e. The topological polar surface area (TPSA) is 80.0 Å². The van der Waals surface area contributed by atoms with Gasteiger partial charge in [-0.1, -0.05) is 0 Å². The predicted octanol–water partition coefficient (Wildman–Crippen LogP) is 0.202. The van der Waals surface area contributed by atoms with E-state index >= 15 is 0 Å². The van der Waals surface area contributed by atoms with E-state index in [-0.39, 0.29) is 0 Å². The molecular weight excluding hydrogens is 204 g/mol. The number of nitrogens with one attached hydrogen (secondary N) is 2. The van der Waals surface area contributed by atoms with Crippen LogP contribution >= 0.6 is 0 Å². The molecule has 5 heteroatoms. The predicted molar refractivity (Wildman–Crippen MR) is 62.2 cm³/mol. The van der Waals surface area contributed by atoms with Crippen LogP contribution in [-0.4, -0.2) is 30.5 Å². The molecule has 16 heavy (non-hydrogen) atoms. The summed E-state index contributed by atoms with van der Waals surface area (Å²) in [6.07, 6.45) is 2.79. The Balaban J connectivity index is 1.93. The molecule has 2 rings (SSSR count). The Labute approximate surface area is 94.4 Å². The fraction of sp³-hybridized carbons (Fsp3) is 0.455. The van der Waals surface area contributed by atoms with E-state index < -0.39 is 5.91 Å². The highest BCUT2D eigenvalue weighted by Crippen LogP contribution is 2.11. The first kappa shape index (κ1) is 10.9. The normalized spacial score (nSPS) is 19.6. The van der Waals surface area contributed by atoms with Crippen LogP contribution in [0.25, 0.3) is 0 Å². The summed E-state index contributed by atoms with van der Waals surface area (Å²) in [6, 6.07) is 3.53. The van der Waals surface area contributed by atoms with Gasteiger partial charge in [0.2, 0.25) is 0 Å². The van der Waals surface area contributed by atoms with E-state index in [1.165, 1.54) is 6.42 Å². The molecule has 1 atom stereocenters. The first-order valence-corrected chi connectivity index (χ1v) is 5.46. The number of anilines is 1. The lowest BCUT2D eigenvalue weighted by molar-refractivity contribution is 0.0995. The van der Waals surface area contributed by atoms with Crippen LogP contribution < -0.4 is 16.4 Å². The second-order valence-electron chi connectivity index (χ2n) is 4.03. The van der Waals surface area contributed by atoms with Crippen molar-refractivity contribution in [2.75, 3.05) is 25.0 Å². The minimum atomic E-state index is -0.494. The third-order valence-electron chi connectivity index (χ3n) is 2.77. The van der Waals surface area contributed by atoms with Gasteiger partial charge in [-0.05, 0) is 37.6 Å². The summed E-state index contributed by atoms with van der Waals surface area (Å²) in [4.78, 5) is 14.8. The molecule has 0 bridgehead atoms. The van der Waals surface area contributed by atoms with Gasteiger partial charge >= 0.3 is 0 Å². The summed E-state index contributed by atoms with van der Waals surface area (Å²) in [5.41, 5.74) is 6.36. The second-order valence-corrected chi connectivity index (χ2v) is 4.03. The van der Waals surface area contributed by atoms with Gasteiger partial charge in [-0.2, -0.15) is 0 Å². The fourth-order valence-corrected chi connectivity index (χ4v) is 1.83. The Morgan fingerprint density at radius 1 is 1.69 bits per heavy atom. The van der Waals surface area contributed by atoms with E-state index in [1.54, 1.807) is 12.3 Å². The van der Waals surface area contributed by atoms with Crippen LogP contribution in [0.4, 0.5) is 5.69 Å². The summed E-state index contributed by atoms with van der Waals surface area (Å²) in [6.45, 7) is 3.06. The lowest BCUT2D eigenvalue weighted by Crippen LogP contribution is -2.18. The van der Waals surface area contributed by atoms with Crippen molar-refractivity contribution in [1.29, 1.82) is 0 Å². The van der Waals surface area contributed by atoms with Gasteiger partial charge in [0.15, 0.2) is 0 Å². The first-order chi connectivity index (χ1) is 7.75. The van der Waals surface area contributed by atoms with E-state index in [4.69, 9.17) is 5.73 Å². The minimum absolute atomic E-state index is 0.301. The van der Waals surface area contributed by atoms with Crippen LogP contribution in [0.3, 0.4) is 0 Å². The van der Waals surface area contributed by atoms with E-state index in [9.17, 15) is 4.79 Å². The smallest absolute Gasteiger partial charge is 0.267 e. The van der Waals surface area contributed by atoms with Gasteiger partial charge in [-0.3, -0.25) is 9.78 Å². The Kier molecular flexibility index (Phi) is 3.36. The van der Waals surface area contributed by atoms with Crippen molar-refractivity contribution in [3.63, 3.8) is 0 Å². The third kappa shape index (κ3) is 2.70. The monoisotopic (exact) mass is 220 g/mol. The molecule has 0 aliphatic carbocycles. The number of aromatic nitrogens is 1. The Morgan fingerprint density at radius 3 is 3.25 bits per heavy atom.